The van der Waals surface area contributed by atoms with E-state index in [0.29, 0.717) is 92.2 Å². The molecule has 2 aromatic carbocycles. The molecule has 0 heterocycles. The Labute approximate surface area is 236 Å². The molecule has 0 saturated carbocycles. The lowest BCUT2D eigenvalue weighted by Crippen LogP contribution is -2.27. The van der Waals surface area contributed by atoms with E-state index in [2.05, 4.69) is 29.6 Å². The van der Waals surface area contributed by atoms with Gasteiger partial charge in [-0.3, -0.25) is 0 Å². The first-order valence-electron chi connectivity index (χ1n) is 13.9. The summed E-state index contributed by atoms with van der Waals surface area (Å²) in [7, 11) is 0. The fourth-order valence-electron chi connectivity index (χ4n) is 4.27. The number of fused-ring (bicyclic) bond motifs is 3. The van der Waals surface area contributed by atoms with Crippen LogP contribution < -0.4 is 5.32 Å². The van der Waals surface area contributed by atoms with E-state index in [-0.39, 0.29) is 12.5 Å². The zero-order valence-electron chi connectivity index (χ0n) is 23.2. The first-order valence-corrected chi connectivity index (χ1v) is 13.9. The monoisotopic (exact) mass is 563 g/mol. The lowest BCUT2D eigenvalue weighted by Gasteiger charge is -2.14. The maximum atomic E-state index is 12.2. The third-order valence-electron chi connectivity index (χ3n) is 6.16. The summed E-state index contributed by atoms with van der Waals surface area (Å²) in [6, 6.07) is 16.5. The molecule has 0 unspecified atom stereocenters. The topological polar surface area (TPSA) is 93.7 Å². The molecular weight excluding hydrogens is 521 g/mol. The van der Waals surface area contributed by atoms with Crippen LogP contribution in [-0.2, 0) is 33.2 Å². The second-order valence-electron chi connectivity index (χ2n) is 8.97. The quantitative estimate of drug-likeness (QED) is 0.203. The van der Waals surface area contributed by atoms with Gasteiger partial charge in [0.25, 0.3) is 0 Å². The highest BCUT2D eigenvalue weighted by Crippen LogP contribution is 2.44. The summed E-state index contributed by atoms with van der Waals surface area (Å²) in [4.78, 5) is 12.2. The summed E-state index contributed by atoms with van der Waals surface area (Å²) in [5, 5.41) is 2.79. The summed E-state index contributed by atoms with van der Waals surface area (Å²) in [6.45, 7) is 5.58. The summed E-state index contributed by atoms with van der Waals surface area (Å²) in [5.41, 5.74) is 4.81. The number of carbonyl (C=O) groups excluding carboxylic acids is 1. The van der Waals surface area contributed by atoms with E-state index in [1.54, 1.807) is 0 Å². The molecule has 1 aliphatic carbocycles. The zero-order valence-corrected chi connectivity index (χ0v) is 23.2. The number of nitrogens with one attached hydrogen (secondary N) is 1. The Kier molecular flexibility index (Phi) is 16.2. The largest absolute Gasteiger partial charge is 0.449 e. The van der Waals surface area contributed by atoms with Gasteiger partial charge in [-0.1, -0.05) is 48.5 Å². The maximum absolute atomic E-state index is 12.2. The number of ether oxygens (including phenoxy) is 7. The molecule has 2 aromatic rings. The first-order chi connectivity index (χ1) is 19.8. The summed E-state index contributed by atoms with van der Waals surface area (Å²) >= 11 is 0. The van der Waals surface area contributed by atoms with E-state index in [0.717, 1.165) is 0 Å². The number of rotatable bonds is 23. The van der Waals surface area contributed by atoms with Crippen molar-refractivity contribution >= 4 is 6.09 Å². The van der Waals surface area contributed by atoms with Crippen molar-refractivity contribution in [3.8, 4) is 11.1 Å². The van der Waals surface area contributed by atoms with Gasteiger partial charge >= 0.3 is 6.09 Å². The normalized spacial score (nSPS) is 12.3. The van der Waals surface area contributed by atoms with Gasteiger partial charge in [-0.05, 0) is 28.7 Å². The van der Waals surface area contributed by atoms with Crippen LogP contribution in [0.1, 0.15) is 23.5 Å². The fourth-order valence-corrected chi connectivity index (χ4v) is 4.27. The second kappa shape index (κ2) is 20.3. The molecular formula is C30H42FNO8. The molecule has 222 valence electrons. The van der Waals surface area contributed by atoms with Crippen LogP contribution in [0.4, 0.5) is 9.18 Å². The van der Waals surface area contributed by atoms with E-state index in [1.807, 2.05) is 24.3 Å². The lowest BCUT2D eigenvalue weighted by atomic mass is 9.98. The van der Waals surface area contributed by atoms with Gasteiger partial charge in [0, 0.05) is 19.1 Å². The number of alkyl halides is 1. The first kappa shape index (κ1) is 31.9. The number of hydrogen-bond acceptors (Lipinski definition) is 8. The van der Waals surface area contributed by atoms with Gasteiger partial charge in [-0.2, -0.15) is 0 Å². The molecule has 0 radical (unpaired) electrons. The van der Waals surface area contributed by atoms with Gasteiger partial charge in [0.1, 0.15) is 13.3 Å². The molecule has 0 aliphatic heterocycles. The Balaban J connectivity index is 1.07. The third kappa shape index (κ3) is 11.9. The zero-order chi connectivity index (χ0) is 28.1. The average Bonchev–Trinajstić information content (AvgIpc) is 3.30. The molecule has 0 fully saturated rings. The molecule has 1 N–H and O–H groups in total. The fraction of sp³-hybridized carbons (Fsp3) is 0.567. The van der Waals surface area contributed by atoms with E-state index in [9.17, 15) is 9.18 Å². The van der Waals surface area contributed by atoms with E-state index >= 15 is 0 Å². The highest BCUT2D eigenvalue weighted by atomic mass is 19.1. The standard InChI is InChI=1S/C30H42FNO8/c31-10-13-35-15-17-37-19-21-39-23-22-38-20-18-36-16-14-34-12-5-11-32-30(33)40-24-29-27-8-3-1-6-25(27)26-7-2-4-9-28(26)29/h1-4,6-9,29H,5,10-24H2,(H,32,33). The summed E-state index contributed by atoms with van der Waals surface area (Å²) in [5.74, 6) is 0.0531. The van der Waals surface area contributed by atoms with Crippen molar-refractivity contribution in [2.45, 2.75) is 12.3 Å². The predicted octanol–water partition coefficient (Wildman–Crippen LogP) is 3.98. The molecule has 0 spiro atoms. The van der Waals surface area contributed by atoms with Crippen LogP contribution in [0.2, 0.25) is 0 Å². The van der Waals surface area contributed by atoms with Gasteiger partial charge in [0.15, 0.2) is 0 Å². The second-order valence-corrected chi connectivity index (χ2v) is 8.97. The Hall–Kier alpha value is -2.60. The molecule has 1 aliphatic rings. The molecule has 9 nitrogen and oxygen atoms in total. The smallest absolute Gasteiger partial charge is 0.407 e. The van der Waals surface area contributed by atoms with Crippen LogP contribution in [0, 0.1) is 0 Å². The van der Waals surface area contributed by atoms with Crippen molar-refractivity contribution in [2.75, 3.05) is 99.1 Å². The van der Waals surface area contributed by atoms with Crippen LogP contribution in [-0.4, -0.2) is 105 Å². The van der Waals surface area contributed by atoms with Gasteiger partial charge in [0.05, 0.1) is 72.7 Å². The highest BCUT2D eigenvalue weighted by molar-refractivity contribution is 5.79. The molecule has 10 heteroatoms. The Morgan fingerprint density at radius 3 is 1.52 bits per heavy atom. The van der Waals surface area contributed by atoms with Crippen molar-refractivity contribution in [3.05, 3.63) is 59.7 Å². The van der Waals surface area contributed by atoms with E-state index < -0.39 is 12.8 Å². The van der Waals surface area contributed by atoms with Gasteiger partial charge in [-0.15, -0.1) is 0 Å². The Morgan fingerprint density at radius 1 is 0.625 bits per heavy atom. The molecule has 0 atom stereocenters. The number of benzene rings is 2. The SMILES string of the molecule is O=C(NCCCOCCOCCOCCOCCOCCOCCF)OCC1c2ccccc2-c2ccccc21. The summed E-state index contributed by atoms with van der Waals surface area (Å²) < 4.78 is 49.4. The van der Waals surface area contributed by atoms with E-state index in [4.69, 9.17) is 33.2 Å². The van der Waals surface area contributed by atoms with Crippen LogP contribution >= 0.6 is 0 Å². The number of alkyl carbamates (subject to hydrolysis) is 1. The molecule has 0 bridgehead atoms. The summed E-state index contributed by atoms with van der Waals surface area (Å²) in [6.07, 6.45) is 0.270. The van der Waals surface area contributed by atoms with Crippen LogP contribution in [0.25, 0.3) is 11.1 Å². The molecule has 3 rings (SSSR count). The number of hydrogen-bond donors (Lipinski definition) is 1. The lowest BCUT2D eigenvalue weighted by molar-refractivity contribution is -0.0172. The third-order valence-corrected chi connectivity index (χ3v) is 6.16. The van der Waals surface area contributed by atoms with Crippen LogP contribution in [0.15, 0.2) is 48.5 Å². The van der Waals surface area contributed by atoms with Gasteiger partial charge in [0.2, 0.25) is 0 Å². The Bertz CT molecular complexity index is 917. The van der Waals surface area contributed by atoms with E-state index in [1.165, 1.54) is 22.3 Å². The van der Waals surface area contributed by atoms with Gasteiger partial charge in [-0.25, -0.2) is 9.18 Å². The average molecular weight is 564 g/mol. The molecule has 40 heavy (non-hydrogen) atoms. The van der Waals surface area contributed by atoms with Crippen molar-refractivity contribution < 1.29 is 42.3 Å². The molecule has 1 amide bonds. The van der Waals surface area contributed by atoms with Crippen molar-refractivity contribution in [1.82, 2.24) is 5.32 Å². The highest BCUT2D eigenvalue weighted by Gasteiger charge is 2.28. The minimum absolute atomic E-state index is 0.0531. The minimum Gasteiger partial charge on any atom is -0.449 e. The van der Waals surface area contributed by atoms with Crippen molar-refractivity contribution in [2.24, 2.45) is 0 Å². The molecule has 0 aromatic heterocycles. The maximum Gasteiger partial charge on any atom is 0.407 e. The van der Waals surface area contributed by atoms with Crippen LogP contribution in [0.5, 0.6) is 0 Å². The number of halogens is 1. The predicted molar refractivity (Wildman–Crippen MR) is 149 cm³/mol. The number of amides is 1. The molecule has 0 saturated heterocycles. The van der Waals surface area contributed by atoms with Crippen molar-refractivity contribution in [1.29, 1.82) is 0 Å². The number of carbonyl (C=O) groups is 1. The van der Waals surface area contributed by atoms with Crippen LogP contribution in [0.3, 0.4) is 0 Å². The van der Waals surface area contributed by atoms with Crippen molar-refractivity contribution in [3.63, 3.8) is 0 Å². The Morgan fingerprint density at radius 2 is 1.05 bits per heavy atom. The van der Waals surface area contributed by atoms with Gasteiger partial charge < -0.3 is 38.5 Å². The minimum atomic E-state index is -0.477.